The topological polar surface area (TPSA) is 22.3 Å². The van der Waals surface area contributed by atoms with E-state index in [1.165, 1.54) is 0 Å². The zero-order chi connectivity index (χ0) is 7.07. The molecule has 1 aliphatic carbocycles. The van der Waals surface area contributed by atoms with Crippen LogP contribution in [0.5, 0.6) is 0 Å². The van der Waals surface area contributed by atoms with E-state index in [1.807, 2.05) is 0 Å². The Labute approximate surface area is 57.0 Å². The Balaban J connectivity index is 2.78. The largest absolute Gasteiger partial charge is 0.160 e. The number of hydrogen-bond donors (Lipinski definition) is 0. The molecule has 0 spiro atoms. The van der Waals surface area contributed by atoms with Crippen LogP contribution in [-0.4, -0.2) is 5.71 Å². The fourth-order valence-electron chi connectivity index (χ4n) is 1.32. The monoisotopic (exact) mass is 124 g/mol. The second-order valence-electron chi connectivity index (χ2n) is 3.61. The average Bonchev–Trinajstić information content (AvgIpc) is 1.96. The Bertz CT molecular complexity index is 136. The van der Waals surface area contributed by atoms with Gasteiger partial charge in [-0.3, -0.25) is 0 Å². The molecule has 1 atom stereocenters. The minimum absolute atomic E-state index is 0.0833. The van der Waals surface area contributed by atoms with Gasteiger partial charge >= 0.3 is 0 Å². The van der Waals surface area contributed by atoms with Crippen molar-refractivity contribution >= 4 is 5.71 Å². The summed E-state index contributed by atoms with van der Waals surface area (Å²) in [7, 11) is 0. The lowest BCUT2D eigenvalue weighted by atomic mass is 9.82. The predicted octanol–water partition coefficient (Wildman–Crippen LogP) is 1.68. The second kappa shape index (κ2) is 1.83. The molecule has 0 N–H and O–H groups in total. The molecule has 1 aliphatic rings. The molecule has 0 unspecified atom stereocenters. The molecule has 0 amide bonds. The van der Waals surface area contributed by atoms with Gasteiger partial charge in [0.25, 0.3) is 0 Å². The highest BCUT2D eigenvalue weighted by molar-refractivity contribution is 5.89. The molecule has 1 rings (SSSR count). The van der Waals surface area contributed by atoms with Crippen molar-refractivity contribution in [2.45, 2.75) is 33.6 Å². The highest BCUT2D eigenvalue weighted by atomic mass is 14.5. The molecule has 1 fully saturated rings. The fraction of sp³-hybridized carbons (Fsp3) is 0.875. The molecule has 0 heterocycles. The normalized spacial score (nSPS) is 33.2. The SMILES string of the molecule is C[C@@H]1CCC(=[N])C1(C)C. The van der Waals surface area contributed by atoms with Gasteiger partial charge in [-0.15, -0.1) is 0 Å². The molecule has 0 aromatic carbocycles. The molecule has 1 heteroatoms. The first-order valence-electron chi connectivity index (χ1n) is 3.60. The molecule has 0 aliphatic heterocycles. The van der Waals surface area contributed by atoms with E-state index < -0.39 is 0 Å². The zero-order valence-electron chi connectivity index (χ0n) is 6.44. The molecular formula is C8H14N. The number of rotatable bonds is 0. The minimum Gasteiger partial charge on any atom is -0.160 e. The van der Waals surface area contributed by atoms with Gasteiger partial charge in [-0.05, 0) is 18.8 Å². The van der Waals surface area contributed by atoms with Crippen LogP contribution >= 0.6 is 0 Å². The van der Waals surface area contributed by atoms with Gasteiger partial charge in [-0.1, -0.05) is 20.8 Å². The van der Waals surface area contributed by atoms with Crippen molar-refractivity contribution in [2.24, 2.45) is 11.3 Å². The Hall–Kier alpha value is -0.330. The lowest BCUT2D eigenvalue weighted by Crippen LogP contribution is -2.23. The Morgan fingerprint density at radius 1 is 1.56 bits per heavy atom. The molecule has 0 bridgehead atoms. The molecule has 1 nitrogen and oxygen atoms in total. The van der Waals surface area contributed by atoms with Crippen molar-refractivity contribution in [1.82, 2.24) is 5.41 Å². The van der Waals surface area contributed by atoms with Gasteiger partial charge in [0.15, 0.2) is 0 Å². The summed E-state index contributed by atoms with van der Waals surface area (Å²) in [6.07, 6.45) is 2.06. The van der Waals surface area contributed by atoms with E-state index in [9.17, 15) is 5.41 Å². The summed E-state index contributed by atoms with van der Waals surface area (Å²) in [6.45, 7) is 6.42. The van der Waals surface area contributed by atoms with E-state index >= 15 is 0 Å². The highest BCUT2D eigenvalue weighted by Crippen LogP contribution is 2.38. The standard InChI is InChI=1S/C8H14N/c1-6-4-5-7(9)8(6,2)3/h6H,4-5H2,1-3H3/t6-/m1/s1. The van der Waals surface area contributed by atoms with Crippen LogP contribution < -0.4 is 5.41 Å². The van der Waals surface area contributed by atoms with Crippen LogP contribution in [0.3, 0.4) is 0 Å². The highest BCUT2D eigenvalue weighted by Gasteiger charge is 2.36. The molecule has 1 saturated carbocycles. The van der Waals surface area contributed by atoms with Crippen molar-refractivity contribution in [3.63, 3.8) is 0 Å². The van der Waals surface area contributed by atoms with Gasteiger partial charge in [0.1, 0.15) is 0 Å². The van der Waals surface area contributed by atoms with Gasteiger partial charge in [0, 0.05) is 11.1 Å². The molecular weight excluding hydrogens is 110 g/mol. The molecule has 0 aromatic rings. The third-order valence-electron chi connectivity index (χ3n) is 2.79. The lowest BCUT2D eigenvalue weighted by molar-refractivity contribution is 0.364. The summed E-state index contributed by atoms with van der Waals surface area (Å²) in [4.78, 5) is 0. The van der Waals surface area contributed by atoms with E-state index in [0.717, 1.165) is 12.8 Å². The van der Waals surface area contributed by atoms with Crippen LogP contribution in [0.15, 0.2) is 0 Å². The first kappa shape index (κ1) is 6.79. The zero-order valence-corrected chi connectivity index (χ0v) is 6.44. The van der Waals surface area contributed by atoms with Gasteiger partial charge < -0.3 is 0 Å². The minimum atomic E-state index is 0.0833. The average molecular weight is 124 g/mol. The predicted molar refractivity (Wildman–Crippen MR) is 39.3 cm³/mol. The summed E-state index contributed by atoms with van der Waals surface area (Å²) in [5, 5.41) is 9.34. The molecule has 1 radical (unpaired) electrons. The van der Waals surface area contributed by atoms with Gasteiger partial charge in [-0.25, -0.2) is 0 Å². The summed E-state index contributed by atoms with van der Waals surface area (Å²) >= 11 is 0. The molecule has 0 saturated heterocycles. The lowest BCUT2D eigenvalue weighted by Gasteiger charge is -2.22. The smallest absolute Gasteiger partial charge is 0.0464 e. The van der Waals surface area contributed by atoms with E-state index in [0.29, 0.717) is 11.6 Å². The van der Waals surface area contributed by atoms with E-state index in [-0.39, 0.29) is 5.41 Å². The summed E-state index contributed by atoms with van der Waals surface area (Å²) in [5.74, 6) is 0.650. The van der Waals surface area contributed by atoms with E-state index in [2.05, 4.69) is 20.8 Å². The van der Waals surface area contributed by atoms with Crippen molar-refractivity contribution in [1.29, 1.82) is 0 Å². The molecule has 0 aromatic heterocycles. The van der Waals surface area contributed by atoms with Crippen LogP contribution in [0.25, 0.3) is 0 Å². The second-order valence-corrected chi connectivity index (χ2v) is 3.61. The summed E-state index contributed by atoms with van der Waals surface area (Å²) < 4.78 is 0. The van der Waals surface area contributed by atoms with E-state index in [1.54, 1.807) is 0 Å². The maximum Gasteiger partial charge on any atom is 0.0464 e. The third kappa shape index (κ3) is 0.887. The molecule has 51 valence electrons. The first-order valence-corrected chi connectivity index (χ1v) is 3.60. The van der Waals surface area contributed by atoms with Crippen LogP contribution in [0.4, 0.5) is 0 Å². The first-order chi connectivity index (χ1) is 4.05. The van der Waals surface area contributed by atoms with Gasteiger partial charge in [0.05, 0.1) is 0 Å². The quantitative estimate of drug-likeness (QED) is 0.469. The van der Waals surface area contributed by atoms with Gasteiger partial charge in [-0.2, -0.15) is 5.41 Å². The van der Waals surface area contributed by atoms with E-state index in [4.69, 9.17) is 0 Å². The summed E-state index contributed by atoms with van der Waals surface area (Å²) in [5.41, 5.74) is 0.773. The Morgan fingerprint density at radius 3 is 2.22 bits per heavy atom. The van der Waals surface area contributed by atoms with Crippen molar-refractivity contribution in [2.75, 3.05) is 0 Å². The summed E-state index contributed by atoms with van der Waals surface area (Å²) in [6, 6.07) is 0. The maximum absolute atomic E-state index is 9.34. The van der Waals surface area contributed by atoms with Gasteiger partial charge in [0.2, 0.25) is 0 Å². The van der Waals surface area contributed by atoms with Crippen molar-refractivity contribution < 1.29 is 0 Å². The van der Waals surface area contributed by atoms with Crippen LogP contribution in [-0.2, 0) is 0 Å². The Kier molecular flexibility index (Phi) is 1.38. The fourth-order valence-corrected chi connectivity index (χ4v) is 1.32. The molecule has 9 heavy (non-hydrogen) atoms. The number of hydrogen-bond acceptors (Lipinski definition) is 0. The maximum atomic E-state index is 9.34. The Morgan fingerprint density at radius 2 is 2.11 bits per heavy atom. The van der Waals surface area contributed by atoms with Crippen molar-refractivity contribution in [3.05, 3.63) is 0 Å². The number of nitrogens with zero attached hydrogens (tertiary/aromatic N) is 1. The van der Waals surface area contributed by atoms with Crippen molar-refractivity contribution in [3.8, 4) is 0 Å². The van der Waals surface area contributed by atoms with Crippen LogP contribution in [0.2, 0.25) is 0 Å². The van der Waals surface area contributed by atoms with Crippen LogP contribution in [0, 0.1) is 11.3 Å². The van der Waals surface area contributed by atoms with Crippen LogP contribution in [0.1, 0.15) is 33.6 Å². The third-order valence-corrected chi connectivity index (χ3v) is 2.79.